The highest BCUT2D eigenvalue weighted by Gasteiger charge is 2.39. The molecule has 0 atom stereocenters. The molecule has 1 aliphatic heterocycles. The minimum Gasteiger partial charge on any atom is -0.493 e. The van der Waals surface area contributed by atoms with Crippen LogP contribution in [-0.4, -0.2) is 20.8 Å². The van der Waals surface area contributed by atoms with Crippen LogP contribution in [0.2, 0.25) is 0 Å². The van der Waals surface area contributed by atoms with Gasteiger partial charge in [-0.1, -0.05) is 0 Å². The van der Waals surface area contributed by atoms with Gasteiger partial charge in [0.15, 0.2) is 0 Å². The molecule has 0 spiro atoms. The Hall–Kier alpha value is -1.80. The van der Waals surface area contributed by atoms with Crippen LogP contribution in [0.5, 0.6) is 5.88 Å². The van der Waals surface area contributed by atoms with Crippen LogP contribution in [0.15, 0.2) is 10.9 Å². The fourth-order valence-corrected chi connectivity index (χ4v) is 3.67. The Bertz CT molecular complexity index is 649. The topological polar surface area (TPSA) is 78.1 Å². The number of hydrogen-bond donors (Lipinski definition) is 2. The largest absolute Gasteiger partial charge is 0.493 e. The van der Waals surface area contributed by atoms with Crippen LogP contribution in [0.1, 0.15) is 57.7 Å². The van der Waals surface area contributed by atoms with Crippen molar-refractivity contribution in [1.82, 2.24) is 9.88 Å². The van der Waals surface area contributed by atoms with Crippen molar-refractivity contribution in [2.75, 3.05) is 0 Å². The van der Waals surface area contributed by atoms with Gasteiger partial charge in [-0.15, -0.1) is 0 Å². The van der Waals surface area contributed by atoms with E-state index in [2.05, 4.69) is 33.0 Å². The number of rotatable bonds is 1. The fourth-order valence-electron chi connectivity index (χ4n) is 3.67. The van der Waals surface area contributed by atoms with Gasteiger partial charge in [0.2, 0.25) is 5.88 Å². The number of pyridine rings is 1. The van der Waals surface area contributed by atoms with Crippen LogP contribution in [0.4, 0.5) is 0 Å². The Labute approximate surface area is 125 Å². The molecule has 0 radical (unpaired) electrons. The Balaban J connectivity index is 2.57. The van der Waals surface area contributed by atoms with Gasteiger partial charge in [-0.2, -0.15) is 5.26 Å². The van der Waals surface area contributed by atoms with Crippen LogP contribution in [0, 0.1) is 18.3 Å². The zero-order valence-corrected chi connectivity index (χ0v) is 13.3. The van der Waals surface area contributed by atoms with Gasteiger partial charge < -0.3 is 10.4 Å². The molecule has 0 unspecified atom stereocenters. The first kappa shape index (κ1) is 15.6. The number of aryl methyl sites for hydroxylation is 1. The third-order valence-corrected chi connectivity index (χ3v) is 4.07. The molecular formula is C16H23N3O2. The second-order valence-corrected chi connectivity index (χ2v) is 7.30. The lowest BCUT2D eigenvalue weighted by molar-refractivity contribution is 0.125. The number of nitrogens with one attached hydrogen (secondary N) is 1. The Morgan fingerprint density at radius 3 is 2.33 bits per heavy atom. The third-order valence-electron chi connectivity index (χ3n) is 4.07. The van der Waals surface area contributed by atoms with Gasteiger partial charge in [0.1, 0.15) is 11.6 Å². The van der Waals surface area contributed by atoms with Gasteiger partial charge >= 0.3 is 0 Å². The Morgan fingerprint density at radius 2 is 1.86 bits per heavy atom. The van der Waals surface area contributed by atoms with E-state index in [0.717, 1.165) is 12.8 Å². The van der Waals surface area contributed by atoms with Crippen molar-refractivity contribution in [2.45, 2.75) is 64.6 Å². The molecular weight excluding hydrogens is 266 g/mol. The molecule has 5 heteroatoms. The molecule has 2 rings (SSSR count). The molecule has 1 aromatic heterocycles. The van der Waals surface area contributed by atoms with E-state index >= 15 is 0 Å². The molecule has 0 amide bonds. The number of hydrogen-bond acceptors (Lipinski definition) is 4. The molecule has 21 heavy (non-hydrogen) atoms. The quantitative estimate of drug-likeness (QED) is 0.831. The molecule has 2 N–H and O–H groups in total. The second kappa shape index (κ2) is 4.88. The maximum atomic E-state index is 12.3. The van der Waals surface area contributed by atoms with Gasteiger partial charge in [0.05, 0.1) is 0 Å². The Kier molecular flexibility index (Phi) is 3.63. The molecule has 5 nitrogen and oxygen atoms in total. The van der Waals surface area contributed by atoms with E-state index in [0.29, 0.717) is 5.56 Å². The predicted molar refractivity (Wildman–Crippen MR) is 81.4 cm³/mol. The van der Waals surface area contributed by atoms with Crippen LogP contribution in [0.3, 0.4) is 0 Å². The molecule has 0 saturated carbocycles. The van der Waals surface area contributed by atoms with Crippen molar-refractivity contribution in [1.29, 1.82) is 5.26 Å². The van der Waals surface area contributed by atoms with Gasteiger partial charge in [-0.25, -0.2) is 0 Å². The first-order valence-corrected chi connectivity index (χ1v) is 7.21. The van der Waals surface area contributed by atoms with E-state index in [9.17, 15) is 15.2 Å². The molecule has 0 aliphatic carbocycles. The summed E-state index contributed by atoms with van der Waals surface area (Å²) in [5.74, 6) is -0.207. The summed E-state index contributed by atoms with van der Waals surface area (Å²) < 4.78 is 1.38. The number of aromatic nitrogens is 1. The summed E-state index contributed by atoms with van der Waals surface area (Å²) in [4.78, 5) is 12.3. The standard InChI is InChI=1S/C16H23N3O2/c1-10-6-13(20)19(14(21)12(10)9-17)11-7-15(2,3)18-16(4,5)8-11/h6,11,18,21H,7-8H2,1-5H3. The molecule has 0 aromatic carbocycles. The minimum absolute atomic E-state index is 0.128. The Morgan fingerprint density at radius 1 is 1.33 bits per heavy atom. The zero-order chi connectivity index (χ0) is 16.0. The van der Waals surface area contributed by atoms with Crippen molar-refractivity contribution in [2.24, 2.45) is 0 Å². The van der Waals surface area contributed by atoms with Gasteiger partial charge in [-0.05, 0) is 53.0 Å². The zero-order valence-electron chi connectivity index (χ0n) is 13.3. The van der Waals surface area contributed by atoms with Crippen LogP contribution < -0.4 is 10.9 Å². The SMILES string of the molecule is Cc1cc(=O)n(C2CC(C)(C)NC(C)(C)C2)c(O)c1C#N. The number of nitriles is 1. The monoisotopic (exact) mass is 289 g/mol. The molecule has 1 aromatic rings. The lowest BCUT2D eigenvalue weighted by atomic mass is 9.79. The number of nitrogens with zero attached hydrogens (tertiary/aromatic N) is 2. The molecule has 1 fully saturated rings. The smallest absolute Gasteiger partial charge is 0.253 e. The lowest BCUT2D eigenvalue weighted by Gasteiger charge is -2.47. The highest BCUT2D eigenvalue weighted by Crippen LogP contribution is 2.37. The van der Waals surface area contributed by atoms with Crippen molar-refractivity contribution in [3.05, 3.63) is 27.5 Å². The lowest BCUT2D eigenvalue weighted by Crippen LogP contribution is -2.58. The van der Waals surface area contributed by atoms with E-state index < -0.39 is 0 Å². The second-order valence-electron chi connectivity index (χ2n) is 7.30. The van der Waals surface area contributed by atoms with Crippen LogP contribution >= 0.6 is 0 Å². The van der Waals surface area contributed by atoms with E-state index in [4.69, 9.17) is 0 Å². The summed E-state index contributed by atoms with van der Waals surface area (Å²) in [6, 6.07) is 3.29. The van der Waals surface area contributed by atoms with Crippen molar-refractivity contribution in [3.63, 3.8) is 0 Å². The normalized spacial score (nSPS) is 21.0. The summed E-state index contributed by atoms with van der Waals surface area (Å²) in [6.07, 6.45) is 1.44. The van der Waals surface area contributed by atoms with Crippen LogP contribution in [0.25, 0.3) is 0 Å². The number of piperidine rings is 1. The third kappa shape index (κ3) is 2.96. The predicted octanol–water partition coefficient (Wildman–Crippen LogP) is 2.22. The first-order chi connectivity index (χ1) is 9.56. The van der Waals surface area contributed by atoms with E-state index in [-0.39, 0.29) is 34.1 Å². The molecule has 1 aliphatic rings. The van der Waals surface area contributed by atoms with E-state index in [1.165, 1.54) is 10.6 Å². The maximum Gasteiger partial charge on any atom is 0.253 e. The first-order valence-electron chi connectivity index (χ1n) is 7.21. The highest BCUT2D eigenvalue weighted by molar-refractivity contribution is 5.44. The summed E-state index contributed by atoms with van der Waals surface area (Å²) in [7, 11) is 0. The fraction of sp³-hybridized carbons (Fsp3) is 0.625. The van der Waals surface area contributed by atoms with Crippen LogP contribution in [-0.2, 0) is 0 Å². The molecule has 2 heterocycles. The van der Waals surface area contributed by atoms with E-state index in [1.807, 2.05) is 6.07 Å². The maximum absolute atomic E-state index is 12.3. The van der Waals surface area contributed by atoms with Gasteiger partial charge in [0, 0.05) is 23.2 Å². The van der Waals surface area contributed by atoms with Gasteiger partial charge in [-0.3, -0.25) is 9.36 Å². The minimum atomic E-state index is -0.248. The van der Waals surface area contributed by atoms with Gasteiger partial charge in [0.25, 0.3) is 5.56 Å². The average molecular weight is 289 g/mol. The summed E-state index contributed by atoms with van der Waals surface area (Å²) in [5.41, 5.74) is 0.168. The average Bonchev–Trinajstić information content (AvgIpc) is 2.23. The molecule has 0 bridgehead atoms. The molecule has 114 valence electrons. The number of aromatic hydroxyl groups is 1. The summed E-state index contributed by atoms with van der Waals surface area (Å²) >= 11 is 0. The van der Waals surface area contributed by atoms with Crippen molar-refractivity contribution >= 4 is 0 Å². The van der Waals surface area contributed by atoms with Crippen molar-refractivity contribution < 1.29 is 5.11 Å². The van der Waals surface area contributed by atoms with Crippen molar-refractivity contribution in [3.8, 4) is 11.9 Å². The summed E-state index contributed by atoms with van der Waals surface area (Å²) in [6.45, 7) is 10.0. The highest BCUT2D eigenvalue weighted by atomic mass is 16.3. The summed E-state index contributed by atoms with van der Waals surface area (Å²) in [5, 5.41) is 23.1. The van der Waals surface area contributed by atoms with E-state index in [1.54, 1.807) is 6.92 Å². The molecule has 1 saturated heterocycles.